The monoisotopic (exact) mass is 426 g/mol. The molecular formula is C14H8Br2ClF3. The lowest BCUT2D eigenvalue weighted by atomic mass is 10.0. The van der Waals surface area contributed by atoms with E-state index < -0.39 is 22.8 Å². The van der Waals surface area contributed by atoms with Crippen LogP contribution in [0.2, 0.25) is 0 Å². The SMILES string of the molecule is Cc1cc(Br)c(C(Cl)c2cc(F)c(F)c(F)c2)cc1Br. The van der Waals surface area contributed by atoms with Gasteiger partial charge < -0.3 is 0 Å². The van der Waals surface area contributed by atoms with Crippen LogP contribution in [0.3, 0.4) is 0 Å². The molecule has 0 heterocycles. The number of hydrogen-bond acceptors (Lipinski definition) is 0. The van der Waals surface area contributed by atoms with Crippen molar-refractivity contribution in [1.29, 1.82) is 0 Å². The van der Waals surface area contributed by atoms with E-state index in [2.05, 4.69) is 31.9 Å². The van der Waals surface area contributed by atoms with E-state index in [-0.39, 0.29) is 5.56 Å². The predicted molar refractivity (Wildman–Crippen MR) is 80.6 cm³/mol. The molecule has 0 fully saturated rings. The van der Waals surface area contributed by atoms with Crippen LogP contribution in [0.5, 0.6) is 0 Å². The molecule has 20 heavy (non-hydrogen) atoms. The summed E-state index contributed by atoms with van der Waals surface area (Å²) in [5.74, 6) is -4.01. The summed E-state index contributed by atoms with van der Waals surface area (Å²) in [6, 6.07) is 5.40. The van der Waals surface area contributed by atoms with Crippen LogP contribution in [0, 0.1) is 24.4 Å². The van der Waals surface area contributed by atoms with Crippen LogP contribution in [0.15, 0.2) is 33.2 Å². The van der Waals surface area contributed by atoms with E-state index in [1.165, 1.54) is 0 Å². The van der Waals surface area contributed by atoms with Crippen molar-refractivity contribution in [3.05, 3.63) is 67.4 Å². The fourth-order valence-corrected chi connectivity index (χ4v) is 3.24. The minimum absolute atomic E-state index is 0.152. The highest BCUT2D eigenvalue weighted by Crippen LogP contribution is 2.37. The lowest BCUT2D eigenvalue weighted by Gasteiger charge is -2.14. The fraction of sp³-hybridized carbons (Fsp3) is 0.143. The van der Waals surface area contributed by atoms with Gasteiger partial charge in [-0.15, -0.1) is 11.6 Å². The van der Waals surface area contributed by atoms with Crippen molar-refractivity contribution in [3.63, 3.8) is 0 Å². The molecule has 0 amide bonds. The Morgan fingerprint density at radius 2 is 1.50 bits per heavy atom. The molecule has 0 aliphatic heterocycles. The maximum absolute atomic E-state index is 13.3. The fourth-order valence-electron chi connectivity index (χ4n) is 1.76. The minimum atomic E-state index is -1.50. The van der Waals surface area contributed by atoms with Crippen LogP contribution in [-0.2, 0) is 0 Å². The summed E-state index contributed by atoms with van der Waals surface area (Å²) in [6.45, 7) is 1.90. The summed E-state index contributed by atoms with van der Waals surface area (Å²) in [5, 5.41) is -0.800. The first-order valence-electron chi connectivity index (χ1n) is 5.55. The minimum Gasteiger partial charge on any atom is -0.204 e. The van der Waals surface area contributed by atoms with Gasteiger partial charge in [-0.25, -0.2) is 13.2 Å². The molecule has 106 valence electrons. The number of alkyl halides is 1. The molecular weight excluding hydrogens is 420 g/mol. The number of rotatable bonds is 2. The van der Waals surface area contributed by atoms with Gasteiger partial charge in [0.15, 0.2) is 17.5 Å². The third kappa shape index (κ3) is 3.05. The van der Waals surface area contributed by atoms with Gasteiger partial charge in [0, 0.05) is 8.95 Å². The third-order valence-electron chi connectivity index (χ3n) is 2.85. The highest BCUT2D eigenvalue weighted by molar-refractivity contribution is 9.11. The summed E-state index contributed by atoms with van der Waals surface area (Å²) in [7, 11) is 0. The van der Waals surface area contributed by atoms with E-state index in [9.17, 15) is 13.2 Å². The molecule has 0 aliphatic carbocycles. The smallest absolute Gasteiger partial charge is 0.194 e. The van der Waals surface area contributed by atoms with Gasteiger partial charge in [-0.2, -0.15) is 0 Å². The average Bonchev–Trinajstić information content (AvgIpc) is 2.38. The molecule has 2 aromatic rings. The molecule has 6 heteroatoms. The van der Waals surface area contributed by atoms with E-state index in [4.69, 9.17) is 11.6 Å². The number of benzene rings is 2. The average molecular weight is 428 g/mol. The van der Waals surface area contributed by atoms with Gasteiger partial charge in [-0.05, 0) is 47.9 Å². The Balaban J connectivity index is 2.51. The summed E-state index contributed by atoms with van der Waals surface area (Å²) in [4.78, 5) is 0. The largest absolute Gasteiger partial charge is 0.204 e. The number of aryl methyl sites for hydroxylation is 1. The summed E-state index contributed by atoms with van der Waals surface area (Å²) in [5.41, 5.74) is 1.77. The molecule has 0 N–H and O–H groups in total. The van der Waals surface area contributed by atoms with E-state index in [1.54, 1.807) is 6.07 Å². The van der Waals surface area contributed by atoms with Gasteiger partial charge in [0.1, 0.15) is 0 Å². The Labute approximate surface area is 136 Å². The zero-order valence-electron chi connectivity index (χ0n) is 10.2. The van der Waals surface area contributed by atoms with Crippen LogP contribution < -0.4 is 0 Å². The van der Waals surface area contributed by atoms with Crippen molar-refractivity contribution in [2.75, 3.05) is 0 Å². The molecule has 0 spiro atoms. The Morgan fingerprint density at radius 1 is 0.950 bits per heavy atom. The van der Waals surface area contributed by atoms with Crippen LogP contribution in [-0.4, -0.2) is 0 Å². The van der Waals surface area contributed by atoms with Gasteiger partial charge in [-0.3, -0.25) is 0 Å². The lowest BCUT2D eigenvalue weighted by Crippen LogP contribution is -2.00. The molecule has 0 aromatic heterocycles. The first-order valence-corrected chi connectivity index (χ1v) is 7.57. The van der Waals surface area contributed by atoms with Gasteiger partial charge >= 0.3 is 0 Å². The van der Waals surface area contributed by atoms with Crippen LogP contribution >= 0.6 is 43.5 Å². The molecule has 0 saturated carbocycles. The number of halogens is 6. The van der Waals surface area contributed by atoms with Crippen molar-refractivity contribution < 1.29 is 13.2 Å². The maximum Gasteiger partial charge on any atom is 0.194 e. The first kappa shape index (κ1) is 15.9. The molecule has 0 bridgehead atoms. The Hall–Kier alpha value is -0.520. The molecule has 0 aliphatic rings. The lowest BCUT2D eigenvalue weighted by molar-refractivity contribution is 0.445. The highest BCUT2D eigenvalue weighted by Gasteiger charge is 2.19. The Bertz CT molecular complexity index is 651. The van der Waals surface area contributed by atoms with Crippen molar-refractivity contribution >= 4 is 43.5 Å². The van der Waals surface area contributed by atoms with E-state index in [0.29, 0.717) is 10.0 Å². The molecule has 0 saturated heterocycles. The Morgan fingerprint density at radius 3 is 2.05 bits per heavy atom. The molecule has 0 nitrogen and oxygen atoms in total. The standard InChI is InChI=1S/C14H8Br2ClF3/c1-6-2-10(16)8(5-9(6)15)13(17)7-3-11(18)14(20)12(19)4-7/h2-5,13H,1H3. The van der Waals surface area contributed by atoms with Crippen LogP contribution in [0.4, 0.5) is 13.2 Å². The second kappa shape index (κ2) is 6.08. The Kier molecular flexibility index (Phi) is 4.82. The van der Waals surface area contributed by atoms with Gasteiger partial charge in [0.05, 0.1) is 5.38 Å². The predicted octanol–water partition coefficient (Wildman–Crippen LogP) is 6.27. The van der Waals surface area contributed by atoms with E-state index >= 15 is 0 Å². The van der Waals surface area contributed by atoms with Crippen molar-refractivity contribution in [1.82, 2.24) is 0 Å². The molecule has 1 unspecified atom stereocenters. The van der Waals surface area contributed by atoms with Gasteiger partial charge in [-0.1, -0.05) is 31.9 Å². The molecule has 2 aromatic carbocycles. The summed E-state index contributed by atoms with van der Waals surface area (Å²) >= 11 is 13.0. The summed E-state index contributed by atoms with van der Waals surface area (Å²) < 4.78 is 41.0. The third-order valence-corrected chi connectivity index (χ3v) is 4.88. The highest BCUT2D eigenvalue weighted by atomic mass is 79.9. The van der Waals surface area contributed by atoms with Crippen molar-refractivity contribution in [3.8, 4) is 0 Å². The second-order valence-electron chi connectivity index (χ2n) is 4.28. The maximum atomic E-state index is 13.3. The number of hydrogen-bond donors (Lipinski definition) is 0. The quantitative estimate of drug-likeness (QED) is 0.391. The molecule has 0 radical (unpaired) electrons. The van der Waals surface area contributed by atoms with E-state index in [0.717, 1.165) is 22.2 Å². The first-order chi connectivity index (χ1) is 9.31. The van der Waals surface area contributed by atoms with E-state index in [1.807, 2.05) is 13.0 Å². The van der Waals surface area contributed by atoms with Gasteiger partial charge in [0.2, 0.25) is 0 Å². The zero-order valence-corrected chi connectivity index (χ0v) is 14.1. The second-order valence-corrected chi connectivity index (χ2v) is 6.43. The van der Waals surface area contributed by atoms with Crippen molar-refractivity contribution in [2.45, 2.75) is 12.3 Å². The summed E-state index contributed by atoms with van der Waals surface area (Å²) in [6.07, 6.45) is 0. The van der Waals surface area contributed by atoms with Crippen molar-refractivity contribution in [2.24, 2.45) is 0 Å². The zero-order chi connectivity index (χ0) is 15.0. The van der Waals surface area contributed by atoms with Crippen LogP contribution in [0.25, 0.3) is 0 Å². The topological polar surface area (TPSA) is 0 Å². The van der Waals surface area contributed by atoms with Crippen LogP contribution in [0.1, 0.15) is 22.1 Å². The van der Waals surface area contributed by atoms with Gasteiger partial charge in [0.25, 0.3) is 0 Å². The normalized spacial score (nSPS) is 12.6. The molecule has 2 rings (SSSR count). The molecule has 1 atom stereocenters.